The Labute approximate surface area is 149 Å². The van der Waals surface area contributed by atoms with Gasteiger partial charge in [-0.05, 0) is 36.8 Å². The van der Waals surface area contributed by atoms with E-state index in [0.717, 1.165) is 11.3 Å². The maximum atomic E-state index is 12.0. The number of amides is 1. The Morgan fingerprint density at radius 1 is 1.04 bits per heavy atom. The van der Waals surface area contributed by atoms with Crippen LogP contribution in [-0.2, 0) is 11.3 Å². The number of ether oxygens (including phenoxy) is 2. The zero-order chi connectivity index (χ0) is 19.0. The van der Waals surface area contributed by atoms with Gasteiger partial charge in [0.1, 0.15) is 19.0 Å². The standard InChI is InChI=1S/C19H20F3NO3/c1-14-2-8-17(9-3-14)26-11-10-23-18(24)16-6-4-15(5-7-16)12-25-13-19(20,21)22/h2-9H,10-13H2,1H3,(H,23,24). The number of benzene rings is 2. The summed E-state index contributed by atoms with van der Waals surface area (Å²) < 4.78 is 46.1. The molecule has 4 nitrogen and oxygen atoms in total. The van der Waals surface area contributed by atoms with Crippen LogP contribution in [0, 0.1) is 6.92 Å². The van der Waals surface area contributed by atoms with E-state index in [0.29, 0.717) is 24.3 Å². The normalized spacial score (nSPS) is 11.2. The van der Waals surface area contributed by atoms with Crippen LogP contribution in [-0.4, -0.2) is 31.8 Å². The molecular weight excluding hydrogens is 347 g/mol. The fourth-order valence-corrected chi connectivity index (χ4v) is 2.11. The molecule has 0 bridgehead atoms. The molecule has 0 unspecified atom stereocenters. The van der Waals surface area contributed by atoms with Crippen molar-refractivity contribution in [2.24, 2.45) is 0 Å². The quantitative estimate of drug-likeness (QED) is 0.721. The van der Waals surface area contributed by atoms with Crippen LogP contribution in [0.3, 0.4) is 0 Å². The average Bonchev–Trinajstić information content (AvgIpc) is 2.59. The van der Waals surface area contributed by atoms with E-state index in [-0.39, 0.29) is 12.5 Å². The molecule has 0 heterocycles. The van der Waals surface area contributed by atoms with Crippen molar-refractivity contribution in [3.63, 3.8) is 0 Å². The van der Waals surface area contributed by atoms with Crippen LogP contribution in [0.15, 0.2) is 48.5 Å². The number of rotatable bonds is 8. The van der Waals surface area contributed by atoms with Crippen LogP contribution in [0.25, 0.3) is 0 Å². The molecule has 0 saturated heterocycles. The summed E-state index contributed by atoms with van der Waals surface area (Å²) in [6.45, 7) is 1.20. The van der Waals surface area contributed by atoms with Gasteiger partial charge in [-0.2, -0.15) is 13.2 Å². The third kappa shape index (κ3) is 7.14. The Hall–Kier alpha value is -2.54. The Balaban J connectivity index is 1.71. The van der Waals surface area contributed by atoms with E-state index in [1.807, 2.05) is 31.2 Å². The van der Waals surface area contributed by atoms with Crippen molar-refractivity contribution < 1.29 is 27.4 Å². The van der Waals surface area contributed by atoms with Crippen molar-refractivity contribution >= 4 is 5.91 Å². The van der Waals surface area contributed by atoms with E-state index in [9.17, 15) is 18.0 Å². The minimum atomic E-state index is -4.35. The fraction of sp³-hybridized carbons (Fsp3) is 0.316. The zero-order valence-electron chi connectivity index (χ0n) is 14.3. The van der Waals surface area contributed by atoms with Gasteiger partial charge in [0.05, 0.1) is 13.2 Å². The zero-order valence-corrected chi connectivity index (χ0v) is 14.3. The molecule has 2 aromatic carbocycles. The lowest BCUT2D eigenvalue weighted by molar-refractivity contribution is -0.176. The average molecular weight is 367 g/mol. The third-order valence-electron chi connectivity index (χ3n) is 3.43. The fourth-order valence-electron chi connectivity index (χ4n) is 2.11. The molecule has 0 atom stereocenters. The Kier molecular flexibility index (Phi) is 7.03. The molecule has 0 aliphatic carbocycles. The maximum absolute atomic E-state index is 12.0. The van der Waals surface area contributed by atoms with Crippen molar-refractivity contribution in [2.75, 3.05) is 19.8 Å². The van der Waals surface area contributed by atoms with Gasteiger partial charge >= 0.3 is 6.18 Å². The SMILES string of the molecule is Cc1ccc(OCCNC(=O)c2ccc(COCC(F)(F)F)cc2)cc1. The predicted octanol–water partition coefficient (Wildman–Crippen LogP) is 3.88. The first-order chi connectivity index (χ1) is 12.3. The molecule has 1 amide bonds. The molecule has 2 aromatic rings. The monoisotopic (exact) mass is 367 g/mol. The molecule has 0 aliphatic heterocycles. The summed E-state index contributed by atoms with van der Waals surface area (Å²) in [4.78, 5) is 12.0. The first-order valence-electron chi connectivity index (χ1n) is 8.04. The van der Waals surface area contributed by atoms with Crippen LogP contribution >= 0.6 is 0 Å². The van der Waals surface area contributed by atoms with Crippen molar-refractivity contribution in [1.82, 2.24) is 5.32 Å². The van der Waals surface area contributed by atoms with Gasteiger partial charge in [-0.25, -0.2) is 0 Å². The Bertz CT molecular complexity index is 697. The number of halogens is 3. The van der Waals surface area contributed by atoms with E-state index < -0.39 is 12.8 Å². The van der Waals surface area contributed by atoms with Crippen molar-refractivity contribution in [3.05, 3.63) is 65.2 Å². The second-order valence-electron chi connectivity index (χ2n) is 5.72. The van der Waals surface area contributed by atoms with E-state index in [2.05, 4.69) is 10.1 Å². The van der Waals surface area contributed by atoms with Crippen LogP contribution in [0.2, 0.25) is 0 Å². The van der Waals surface area contributed by atoms with Gasteiger partial charge in [0.15, 0.2) is 0 Å². The van der Waals surface area contributed by atoms with Crippen molar-refractivity contribution in [3.8, 4) is 5.75 Å². The summed E-state index contributed by atoms with van der Waals surface area (Å²) in [5.74, 6) is 0.452. The minimum Gasteiger partial charge on any atom is -0.492 e. The van der Waals surface area contributed by atoms with Crippen LogP contribution in [0.4, 0.5) is 13.2 Å². The number of alkyl halides is 3. The number of aryl methyl sites for hydroxylation is 1. The topological polar surface area (TPSA) is 47.6 Å². The van der Waals surface area contributed by atoms with Gasteiger partial charge in [-0.3, -0.25) is 4.79 Å². The molecule has 2 rings (SSSR count). The van der Waals surface area contributed by atoms with E-state index in [1.165, 1.54) is 0 Å². The first-order valence-corrected chi connectivity index (χ1v) is 8.04. The van der Waals surface area contributed by atoms with Gasteiger partial charge in [-0.1, -0.05) is 29.8 Å². The maximum Gasteiger partial charge on any atom is 0.411 e. The lowest BCUT2D eigenvalue weighted by Gasteiger charge is -2.09. The number of carbonyl (C=O) groups is 1. The van der Waals surface area contributed by atoms with Gasteiger partial charge in [0.25, 0.3) is 5.91 Å². The number of hydrogen-bond acceptors (Lipinski definition) is 3. The summed E-state index contributed by atoms with van der Waals surface area (Å²) >= 11 is 0. The molecule has 26 heavy (non-hydrogen) atoms. The second-order valence-corrected chi connectivity index (χ2v) is 5.72. The number of nitrogens with one attached hydrogen (secondary N) is 1. The van der Waals surface area contributed by atoms with Gasteiger partial charge in [0.2, 0.25) is 0 Å². The summed E-state index contributed by atoms with van der Waals surface area (Å²) in [5, 5.41) is 2.72. The van der Waals surface area contributed by atoms with Crippen LogP contribution in [0.5, 0.6) is 5.75 Å². The Morgan fingerprint density at radius 3 is 2.31 bits per heavy atom. The van der Waals surface area contributed by atoms with E-state index in [4.69, 9.17) is 4.74 Å². The molecule has 0 radical (unpaired) electrons. The molecule has 0 aliphatic rings. The van der Waals surface area contributed by atoms with E-state index in [1.54, 1.807) is 24.3 Å². The van der Waals surface area contributed by atoms with Gasteiger partial charge < -0.3 is 14.8 Å². The molecular formula is C19H20F3NO3. The number of hydrogen-bond donors (Lipinski definition) is 1. The van der Waals surface area contributed by atoms with Crippen LogP contribution in [0.1, 0.15) is 21.5 Å². The summed E-state index contributed by atoms with van der Waals surface area (Å²) in [6.07, 6.45) is -4.35. The highest BCUT2D eigenvalue weighted by molar-refractivity contribution is 5.94. The van der Waals surface area contributed by atoms with Gasteiger partial charge in [-0.15, -0.1) is 0 Å². The molecule has 1 N–H and O–H groups in total. The molecule has 140 valence electrons. The van der Waals surface area contributed by atoms with Gasteiger partial charge in [0, 0.05) is 5.56 Å². The summed E-state index contributed by atoms with van der Waals surface area (Å²) in [7, 11) is 0. The summed E-state index contributed by atoms with van der Waals surface area (Å²) in [5.41, 5.74) is 2.12. The van der Waals surface area contributed by atoms with E-state index >= 15 is 0 Å². The molecule has 7 heteroatoms. The highest BCUT2D eigenvalue weighted by Crippen LogP contribution is 2.16. The number of carbonyl (C=O) groups excluding carboxylic acids is 1. The van der Waals surface area contributed by atoms with Crippen LogP contribution < -0.4 is 10.1 Å². The molecule has 0 spiro atoms. The third-order valence-corrected chi connectivity index (χ3v) is 3.43. The minimum absolute atomic E-state index is 0.161. The first kappa shape index (κ1) is 19.8. The summed E-state index contributed by atoms with van der Waals surface area (Å²) in [6, 6.07) is 13.8. The van der Waals surface area contributed by atoms with Crippen molar-refractivity contribution in [2.45, 2.75) is 19.7 Å². The smallest absolute Gasteiger partial charge is 0.411 e. The highest BCUT2D eigenvalue weighted by atomic mass is 19.4. The lowest BCUT2D eigenvalue weighted by atomic mass is 10.1. The molecule has 0 fully saturated rings. The Morgan fingerprint density at radius 2 is 1.69 bits per heavy atom. The molecule has 0 saturated carbocycles. The largest absolute Gasteiger partial charge is 0.492 e. The molecule has 0 aromatic heterocycles. The predicted molar refractivity (Wildman–Crippen MR) is 91.2 cm³/mol. The highest BCUT2D eigenvalue weighted by Gasteiger charge is 2.27. The van der Waals surface area contributed by atoms with Crippen molar-refractivity contribution in [1.29, 1.82) is 0 Å². The second kappa shape index (κ2) is 9.24. The lowest BCUT2D eigenvalue weighted by Crippen LogP contribution is -2.28.